The minimum absolute atomic E-state index is 0.166. The molecule has 2 rings (SSSR count). The van der Waals surface area contributed by atoms with Crippen molar-refractivity contribution in [3.8, 4) is 0 Å². The molecule has 2 heterocycles. The van der Waals surface area contributed by atoms with Gasteiger partial charge in [0.2, 0.25) is 0 Å². The fraction of sp³-hybridized carbons (Fsp3) is 0.875. The van der Waals surface area contributed by atoms with Crippen LogP contribution in [0.2, 0.25) is 0 Å². The summed E-state index contributed by atoms with van der Waals surface area (Å²) in [4.78, 5) is 7.08. The predicted octanol–water partition coefficient (Wildman–Crippen LogP) is 2.29. The van der Waals surface area contributed by atoms with Crippen LogP contribution in [0.4, 0.5) is 0 Å². The van der Waals surface area contributed by atoms with Gasteiger partial charge in [0, 0.05) is 31.2 Å². The van der Waals surface area contributed by atoms with Crippen molar-refractivity contribution >= 4 is 0 Å². The highest BCUT2D eigenvalue weighted by atomic mass is 15.4. The number of hydrogen-bond acceptors (Lipinski definition) is 4. The zero-order chi connectivity index (χ0) is 15.5. The summed E-state index contributed by atoms with van der Waals surface area (Å²) in [5, 5.41) is 8.05. The van der Waals surface area contributed by atoms with Gasteiger partial charge in [-0.3, -0.25) is 4.90 Å². The molecule has 21 heavy (non-hydrogen) atoms. The van der Waals surface area contributed by atoms with Crippen molar-refractivity contribution in [3.05, 3.63) is 12.2 Å². The van der Waals surface area contributed by atoms with E-state index in [1.807, 2.05) is 0 Å². The van der Waals surface area contributed by atoms with E-state index >= 15 is 0 Å². The summed E-state index contributed by atoms with van der Waals surface area (Å²) in [7, 11) is 0. The molecule has 120 valence electrons. The first-order chi connectivity index (χ1) is 9.96. The molecule has 0 saturated carbocycles. The maximum atomic E-state index is 4.49. The molecular weight excluding hydrogens is 262 g/mol. The summed E-state index contributed by atoms with van der Waals surface area (Å²) >= 11 is 0. The summed E-state index contributed by atoms with van der Waals surface area (Å²) in [6.45, 7) is 15.4. The van der Waals surface area contributed by atoms with Crippen molar-refractivity contribution in [2.24, 2.45) is 5.92 Å². The van der Waals surface area contributed by atoms with Gasteiger partial charge in [-0.05, 0) is 26.2 Å². The van der Waals surface area contributed by atoms with Gasteiger partial charge >= 0.3 is 0 Å². The molecule has 5 nitrogen and oxygen atoms in total. The number of nitrogens with zero attached hydrogens (tertiary/aromatic N) is 4. The molecule has 5 heteroatoms. The Balaban J connectivity index is 2.13. The van der Waals surface area contributed by atoms with Gasteiger partial charge in [0.1, 0.15) is 12.2 Å². The molecule has 0 bridgehead atoms. The van der Waals surface area contributed by atoms with Crippen molar-refractivity contribution < 1.29 is 0 Å². The molecule has 0 spiro atoms. The van der Waals surface area contributed by atoms with E-state index in [9.17, 15) is 0 Å². The van der Waals surface area contributed by atoms with Gasteiger partial charge in [0.15, 0.2) is 0 Å². The number of rotatable bonds is 6. The lowest BCUT2D eigenvalue weighted by atomic mass is 9.91. The SMILES string of the molecule is CCCn1ncnc1CN1CC(C)(C)NCC1C(C)CC. The molecule has 1 N–H and O–H groups in total. The zero-order valence-electron chi connectivity index (χ0n) is 14.3. The summed E-state index contributed by atoms with van der Waals surface area (Å²) in [6, 6.07) is 0.579. The summed E-state index contributed by atoms with van der Waals surface area (Å²) < 4.78 is 2.06. The predicted molar refractivity (Wildman–Crippen MR) is 86.0 cm³/mol. The number of aromatic nitrogens is 3. The van der Waals surface area contributed by atoms with Crippen molar-refractivity contribution in [3.63, 3.8) is 0 Å². The van der Waals surface area contributed by atoms with Crippen molar-refractivity contribution in [1.82, 2.24) is 25.0 Å². The topological polar surface area (TPSA) is 46.0 Å². The fourth-order valence-corrected chi connectivity index (χ4v) is 3.19. The molecule has 2 atom stereocenters. The number of hydrogen-bond donors (Lipinski definition) is 1. The Morgan fingerprint density at radius 1 is 1.43 bits per heavy atom. The Labute approximate surface area is 129 Å². The van der Waals surface area contributed by atoms with Crippen LogP contribution in [0.25, 0.3) is 0 Å². The summed E-state index contributed by atoms with van der Waals surface area (Å²) in [5.74, 6) is 1.79. The van der Waals surface area contributed by atoms with Crippen molar-refractivity contribution in [2.75, 3.05) is 13.1 Å². The van der Waals surface area contributed by atoms with Gasteiger partial charge in [0.25, 0.3) is 0 Å². The van der Waals surface area contributed by atoms with Gasteiger partial charge in [-0.1, -0.05) is 27.2 Å². The Hall–Kier alpha value is -0.940. The lowest BCUT2D eigenvalue weighted by Crippen LogP contribution is -2.62. The van der Waals surface area contributed by atoms with E-state index in [0.717, 1.165) is 38.4 Å². The first-order valence-corrected chi connectivity index (χ1v) is 8.32. The average molecular weight is 293 g/mol. The van der Waals surface area contributed by atoms with Gasteiger partial charge in [-0.2, -0.15) is 5.10 Å². The zero-order valence-corrected chi connectivity index (χ0v) is 14.3. The van der Waals surface area contributed by atoms with Crippen LogP contribution in [0.5, 0.6) is 0 Å². The second-order valence-corrected chi connectivity index (χ2v) is 7.02. The molecule has 0 aromatic carbocycles. The van der Waals surface area contributed by atoms with Crippen LogP contribution < -0.4 is 5.32 Å². The van der Waals surface area contributed by atoms with Crippen LogP contribution in [-0.2, 0) is 13.1 Å². The molecule has 1 aliphatic rings. The Bertz CT molecular complexity index is 440. The lowest BCUT2D eigenvalue weighted by molar-refractivity contribution is 0.0538. The molecular formula is C16H31N5. The quantitative estimate of drug-likeness (QED) is 0.874. The van der Waals surface area contributed by atoms with E-state index in [1.165, 1.54) is 6.42 Å². The molecule has 2 unspecified atom stereocenters. The maximum absolute atomic E-state index is 4.49. The number of aryl methyl sites for hydroxylation is 1. The van der Waals surface area contributed by atoms with Gasteiger partial charge in [-0.25, -0.2) is 9.67 Å². The third-order valence-corrected chi connectivity index (χ3v) is 4.63. The minimum Gasteiger partial charge on any atom is -0.309 e. The van der Waals surface area contributed by atoms with Gasteiger partial charge < -0.3 is 5.32 Å². The van der Waals surface area contributed by atoms with E-state index in [1.54, 1.807) is 6.33 Å². The Kier molecular flexibility index (Phi) is 5.38. The second-order valence-electron chi connectivity index (χ2n) is 7.02. The highest BCUT2D eigenvalue weighted by Crippen LogP contribution is 2.23. The normalized spacial score (nSPS) is 24.1. The third-order valence-electron chi connectivity index (χ3n) is 4.63. The first kappa shape index (κ1) is 16.4. The monoisotopic (exact) mass is 293 g/mol. The largest absolute Gasteiger partial charge is 0.309 e. The lowest BCUT2D eigenvalue weighted by Gasteiger charge is -2.46. The van der Waals surface area contributed by atoms with E-state index in [2.05, 4.69) is 59.6 Å². The Morgan fingerprint density at radius 2 is 2.19 bits per heavy atom. The van der Waals surface area contributed by atoms with E-state index < -0.39 is 0 Å². The molecule has 0 aliphatic carbocycles. The van der Waals surface area contributed by atoms with Crippen LogP contribution in [-0.4, -0.2) is 44.3 Å². The Morgan fingerprint density at radius 3 is 2.86 bits per heavy atom. The van der Waals surface area contributed by atoms with E-state index in [4.69, 9.17) is 0 Å². The standard InChI is InChI=1S/C16H31N5/c1-6-8-21-15(17-12-19-21)10-20-11-16(4,5)18-9-14(20)13(3)7-2/h12-14,18H,6-11H2,1-5H3. The number of nitrogens with one attached hydrogen (secondary N) is 1. The van der Waals surface area contributed by atoms with Crippen LogP contribution in [0.3, 0.4) is 0 Å². The second kappa shape index (κ2) is 6.88. The van der Waals surface area contributed by atoms with Crippen LogP contribution in [0.15, 0.2) is 6.33 Å². The summed E-state index contributed by atoms with van der Waals surface area (Å²) in [6.07, 6.45) is 4.00. The van der Waals surface area contributed by atoms with Crippen LogP contribution in [0, 0.1) is 5.92 Å². The highest BCUT2D eigenvalue weighted by molar-refractivity contribution is 4.96. The molecule has 1 saturated heterocycles. The molecule has 1 fully saturated rings. The maximum Gasteiger partial charge on any atom is 0.141 e. The van der Waals surface area contributed by atoms with Crippen molar-refractivity contribution in [1.29, 1.82) is 0 Å². The molecule has 1 aliphatic heterocycles. The average Bonchev–Trinajstić information content (AvgIpc) is 2.85. The van der Waals surface area contributed by atoms with Crippen molar-refractivity contribution in [2.45, 2.75) is 72.1 Å². The fourth-order valence-electron chi connectivity index (χ4n) is 3.19. The first-order valence-electron chi connectivity index (χ1n) is 8.32. The highest BCUT2D eigenvalue weighted by Gasteiger charge is 2.35. The minimum atomic E-state index is 0.166. The third kappa shape index (κ3) is 4.04. The van der Waals surface area contributed by atoms with E-state index in [0.29, 0.717) is 12.0 Å². The summed E-state index contributed by atoms with van der Waals surface area (Å²) in [5.41, 5.74) is 0.166. The van der Waals surface area contributed by atoms with Crippen LogP contribution >= 0.6 is 0 Å². The molecule has 0 amide bonds. The molecule has 0 radical (unpaired) electrons. The van der Waals surface area contributed by atoms with Gasteiger partial charge in [0.05, 0.1) is 6.54 Å². The molecule has 1 aromatic heterocycles. The van der Waals surface area contributed by atoms with Crippen LogP contribution in [0.1, 0.15) is 53.3 Å². The van der Waals surface area contributed by atoms with Gasteiger partial charge in [-0.15, -0.1) is 0 Å². The van der Waals surface area contributed by atoms with E-state index in [-0.39, 0.29) is 5.54 Å². The molecule has 1 aromatic rings. The smallest absolute Gasteiger partial charge is 0.141 e. The number of piperazine rings is 1.